The molecular weight excluding hydrogens is 699 g/mol. The predicted molar refractivity (Wildman–Crippen MR) is 242 cm³/mol. The summed E-state index contributed by atoms with van der Waals surface area (Å²) in [5.41, 5.74) is 23.2. The number of fused-ring (bicyclic) bond motifs is 13. The summed E-state index contributed by atoms with van der Waals surface area (Å²) >= 11 is 0. The minimum absolute atomic E-state index is 0.108. The van der Waals surface area contributed by atoms with Crippen molar-refractivity contribution in [2.75, 3.05) is 4.90 Å². The summed E-state index contributed by atoms with van der Waals surface area (Å²) in [4.78, 5) is 2.50. The van der Waals surface area contributed by atoms with E-state index in [2.05, 4.69) is 201 Å². The second-order valence-electron chi connectivity index (χ2n) is 17.5. The van der Waals surface area contributed by atoms with E-state index in [1.54, 1.807) is 0 Å². The SMILES string of the molecule is CC1(C)c2ccccc2-c2ccc(N(c3ccc(-c4ccc(C5CCCC5)cc4)cc3)c3ccc4c(c3)C3(c5ccccc5-c5ccccc53)c3ccccc3-4)cc21. The Morgan fingerprint density at radius 3 is 1.31 bits per heavy atom. The zero-order valence-corrected chi connectivity index (χ0v) is 33.2. The fraction of sp³-hybridized carbons (Fsp3) is 0.158. The van der Waals surface area contributed by atoms with Crippen molar-refractivity contribution >= 4 is 17.1 Å². The van der Waals surface area contributed by atoms with E-state index in [9.17, 15) is 0 Å². The standard InChI is InChI=1S/C57H45N/c1-56(2)50-19-9-5-15-44(50)48-33-31-42(35-54(48)56)58(41-29-27-40(28-30-41)39-25-23-38(24-26-39)37-13-3-4-14-37)43-32-34-49-47-18-8-12-22-53(47)57(55(49)36-43)51-20-10-6-16-45(51)46-17-7-11-21-52(46)57/h5-12,15-37H,3-4,13-14H2,1-2H3. The molecule has 0 saturated heterocycles. The van der Waals surface area contributed by atoms with Gasteiger partial charge in [0.05, 0.1) is 5.41 Å². The molecule has 1 heteroatoms. The highest BCUT2D eigenvalue weighted by molar-refractivity contribution is 5.96. The van der Waals surface area contributed by atoms with Gasteiger partial charge < -0.3 is 4.90 Å². The molecule has 4 aliphatic carbocycles. The topological polar surface area (TPSA) is 3.24 Å². The normalized spacial score (nSPS) is 16.0. The van der Waals surface area contributed by atoms with Crippen LogP contribution in [0.5, 0.6) is 0 Å². The van der Waals surface area contributed by atoms with E-state index in [0.717, 1.165) is 17.3 Å². The molecule has 1 spiro atoms. The zero-order chi connectivity index (χ0) is 38.6. The Balaban J connectivity index is 1.04. The van der Waals surface area contributed by atoms with Crippen molar-refractivity contribution in [3.8, 4) is 44.5 Å². The third-order valence-corrected chi connectivity index (χ3v) is 14.3. The molecule has 0 bridgehead atoms. The molecule has 0 atom stereocenters. The molecule has 1 nitrogen and oxygen atoms in total. The van der Waals surface area contributed by atoms with Crippen LogP contribution in [0.1, 0.15) is 84.4 Å². The van der Waals surface area contributed by atoms with Crippen molar-refractivity contribution in [3.63, 3.8) is 0 Å². The second-order valence-corrected chi connectivity index (χ2v) is 17.5. The van der Waals surface area contributed by atoms with Crippen molar-refractivity contribution < 1.29 is 0 Å². The van der Waals surface area contributed by atoms with Gasteiger partial charge in [-0.2, -0.15) is 0 Å². The van der Waals surface area contributed by atoms with Crippen LogP contribution >= 0.6 is 0 Å². The highest BCUT2D eigenvalue weighted by Crippen LogP contribution is 2.63. The lowest BCUT2D eigenvalue weighted by atomic mass is 9.70. The average molecular weight is 744 g/mol. The van der Waals surface area contributed by atoms with Gasteiger partial charge in [-0.05, 0) is 139 Å². The maximum absolute atomic E-state index is 2.51. The van der Waals surface area contributed by atoms with Gasteiger partial charge in [0, 0.05) is 22.5 Å². The van der Waals surface area contributed by atoms with Crippen LogP contribution in [-0.2, 0) is 10.8 Å². The molecule has 4 aliphatic rings. The Kier molecular flexibility index (Phi) is 7.27. The van der Waals surface area contributed by atoms with Gasteiger partial charge in [-0.25, -0.2) is 0 Å². The molecule has 0 unspecified atom stereocenters. The van der Waals surface area contributed by atoms with E-state index in [0.29, 0.717) is 0 Å². The van der Waals surface area contributed by atoms with Crippen LogP contribution in [-0.4, -0.2) is 0 Å². The number of anilines is 3. The van der Waals surface area contributed by atoms with Gasteiger partial charge >= 0.3 is 0 Å². The smallest absolute Gasteiger partial charge is 0.0726 e. The second kappa shape index (κ2) is 12.5. The maximum atomic E-state index is 2.51. The Labute approximate surface area is 342 Å². The average Bonchev–Trinajstić information content (AvgIpc) is 4.04. The summed E-state index contributed by atoms with van der Waals surface area (Å²) in [6.45, 7) is 4.76. The van der Waals surface area contributed by atoms with Crippen molar-refractivity contribution in [2.24, 2.45) is 0 Å². The third kappa shape index (κ3) is 4.65. The van der Waals surface area contributed by atoms with Crippen molar-refractivity contribution in [2.45, 2.75) is 56.3 Å². The molecule has 8 aromatic rings. The fourth-order valence-corrected chi connectivity index (χ4v) is 11.5. The summed E-state index contributed by atoms with van der Waals surface area (Å²) in [5.74, 6) is 0.723. The Hall–Kier alpha value is -6.44. The Morgan fingerprint density at radius 2 is 0.776 bits per heavy atom. The summed E-state index contributed by atoms with van der Waals surface area (Å²) < 4.78 is 0. The highest BCUT2D eigenvalue weighted by Gasteiger charge is 2.51. The van der Waals surface area contributed by atoms with Gasteiger partial charge in [0.2, 0.25) is 0 Å². The molecule has 0 radical (unpaired) electrons. The minimum atomic E-state index is -0.406. The Bertz CT molecular complexity index is 2860. The maximum Gasteiger partial charge on any atom is 0.0726 e. The molecule has 58 heavy (non-hydrogen) atoms. The summed E-state index contributed by atoms with van der Waals surface area (Å²) in [6.07, 6.45) is 5.37. The van der Waals surface area contributed by atoms with E-state index in [4.69, 9.17) is 0 Å². The zero-order valence-electron chi connectivity index (χ0n) is 33.2. The number of benzene rings is 8. The molecular formula is C57H45N. The van der Waals surface area contributed by atoms with Crippen LogP contribution < -0.4 is 4.90 Å². The fourth-order valence-electron chi connectivity index (χ4n) is 11.5. The first-order chi connectivity index (χ1) is 28.5. The quantitative estimate of drug-likeness (QED) is 0.170. The molecule has 1 saturated carbocycles. The number of rotatable bonds is 5. The molecule has 0 heterocycles. The lowest BCUT2D eigenvalue weighted by Gasteiger charge is -2.32. The third-order valence-electron chi connectivity index (χ3n) is 14.3. The molecule has 278 valence electrons. The van der Waals surface area contributed by atoms with Crippen LogP contribution in [0.3, 0.4) is 0 Å². The molecule has 0 amide bonds. The summed E-state index contributed by atoms with van der Waals surface area (Å²) in [6, 6.07) is 69.3. The highest BCUT2D eigenvalue weighted by atomic mass is 15.1. The number of hydrogen-bond donors (Lipinski definition) is 0. The van der Waals surface area contributed by atoms with Crippen LogP contribution in [0.4, 0.5) is 17.1 Å². The van der Waals surface area contributed by atoms with E-state index >= 15 is 0 Å². The van der Waals surface area contributed by atoms with Crippen molar-refractivity contribution in [1.82, 2.24) is 0 Å². The Morgan fingerprint density at radius 1 is 0.379 bits per heavy atom. The number of nitrogens with zero attached hydrogens (tertiary/aromatic N) is 1. The van der Waals surface area contributed by atoms with Gasteiger partial charge in [0.25, 0.3) is 0 Å². The first-order valence-corrected chi connectivity index (χ1v) is 21.2. The van der Waals surface area contributed by atoms with Crippen molar-refractivity contribution in [3.05, 3.63) is 221 Å². The van der Waals surface area contributed by atoms with Crippen LogP contribution in [0.2, 0.25) is 0 Å². The summed E-state index contributed by atoms with van der Waals surface area (Å²) in [5, 5.41) is 0. The van der Waals surface area contributed by atoms with Gasteiger partial charge in [-0.15, -0.1) is 0 Å². The van der Waals surface area contributed by atoms with Gasteiger partial charge in [0.15, 0.2) is 0 Å². The molecule has 0 aliphatic heterocycles. The van der Waals surface area contributed by atoms with E-state index in [-0.39, 0.29) is 5.41 Å². The first-order valence-electron chi connectivity index (χ1n) is 21.2. The minimum Gasteiger partial charge on any atom is -0.310 e. The molecule has 8 aromatic carbocycles. The first kappa shape index (κ1) is 33.7. The van der Waals surface area contributed by atoms with Crippen LogP contribution in [0.15, 0.2) is 182 Å². The van der Waals surface area contributed by atoms with E-state index in [1.165, 1.54) is 115 Å². The lowest BCUT2D eigenvalue weighted by molar-refractivity contribution is 0.660. The van der Waals surface area contributed by atoms with Gasteiger partial charge in [-0.3, -0.25) is 0 Å². The van der Waals surface area contributed by atoms with E-state index < -0.39 is 5.41 Å². The van der Waals surface area contributed by atoms with Crippen molar-refractivity contribution in [1.29, 1.82) is 0 Å². The van der Waals surface area contributed by atoms with E-state index in [1.807, 2.05) is 0 Å². The largest absolute Gasteiger partial charge is 0.310 e. The molecule has 0 aromatic heterocycles. The lowest BCUT2D eigenvalue weighted by Crippen LogP contribution is -2.26. The monoisotopic (exact) mass is 743 g/mol. The van der Waals surface area contributed by atoms with Crippen LogP contribution in [0.25, 0.3) is 44.5 Å². The van der Waals surface area contributed by atoms with Gasteiger partial charge in [-0.1, -0.05) is 172 Å². The van der Waals surface area contributed by atoms with Crippen LogP contribution in [0, 0.1) is 0 Å². The molecule has 12 rings (SSSR count). The number of hydrogen-bond acceptors (Lipinski definition) is 1. The summed E-state index contributed by atoms with van der Waals surface area (Å²) in [7, 11) is 0. The van der Waals surface area contributed by atoms with Gasteiger partial charge in [0.1, 0.15) is 0 Å². The molecule has 1 fully saturated rings. The predicted octanol–water partition coefficient (Wildman–Crippen LogP) is 15.1. The molecule has 0 N–H and O–H groups in total.